The molecule has 0 aromatic rings. The second-order valence-electron chi connectivity index (χ2n) is 11.2. The number of aliphatic hydroxyl groups excluding tert-OH is 2. The first-order valence-electron chi connectivity index (χ1n) is 13.3. The highest BCUT2D eigenvalue weighted by molar-refractivity contribution is 5.72. The zero-order valence-corrected chi connectivity index (χ0v) is 23.3. The number of allylic oxidation sites excluding steroid dienone is 2. The Morgan fingerprint density at radius 1 is 1.21 bits per heavy atom. The minimum atomic E-state index is -1.44. The van der Waals surface area contributed by atoms with Crippen LogP contribution in [0.3, 0.4) is 0 Å². The average molecular weight is 535 g/mol. The molecule has 0 unspecified atom stereocenters. The van der Waals surface area contributed by atoms with Crippen LogP contribution < -0.4 is 0 Å². The van der Waals surface area contributed by atoms with Crippen molar-refractivity contribution in [3.8, 4) is 0 Å². The van der Waals surface area contributed by atoms with Crippen molar-refractivity contribution < 1.29 is 43.5 Å². The van der Waals surface area contributed by atoms with Gasteiger partial charge in [0.05, 0.1) is 23.5 Å². The highest BCUT2D eigenvalue weighted by Gasteiger charge is 2.73. The van der Waals surface area contributed by atoms with E-state index >= 15 is 0 Å². The molecule has 2 aliphatic carbocycles. The quantitative estimate of drug-likeness (QED) is 0.197. The molecule has 1 saturated heterocycles. The van der Waals surface area contributed by atoms with Crippen LogP contribution in [0.1, 0.15) is 67.2 Å². The highest BCUT2D eigenvalue weighted by Crippen LogP contribution is 2.67. The lowest BCUT2D eigenvalue weighted by molar-refractivity contribution is -0.274. The van der Waals surface area contributed by atoms with Crippen molar-refractivity contribution in [1.82, 2.24) is 0 Å². The third-order valence-corrected chi connectivity index (χ3v) is 9.06. The van der Waals surface area contributed by atoms with Gasteiger partial charge in [-0.05, 0) is 49.0 Å². The van der Waals surface area contributed by atoms with Crippen LogP contribution in [0.15, 0.2) is 36.5 Å². The minimum absolute atomic E-state index is 0.283. The summed E-state index contributed by atoms with van der Waals surface area (Å²) in [7, 11) is 0. The van der Waals surface area contributed by atoms with Gasteiger partial charge in [-0.15, -0.1) is 0 Å². The van der Waals surface area contributed by atoms with E-state index < -0.39 is 65.5 Å². The van der Waals surface area contributed by atoms with Crippen molar-refractivity contribution in [1.29, 1.82) is 0 Å². The van der Waals surface area contributed by atoms with E-state index in [2.05, 4.69) is 13.2 Å². The molecule has 9 heteroatoms. The molecule has 9 nitrogen and oxygen atoms in total. The molecule has 1 saturated carbocycles. The van der Waals surface area contributed by atoms with Crippen LogP contribution in [-0.2, 0) is 33.3 Å². The summed E-state index contributed by atoms with van der Waals surface area (Å²) < 4.78 is 23.0. The molecule has 2 fully saturated rings. The van der Waals surface area contributed by atoms with Gasteiger partial charge < -0.3 is 24.4 Å². The van der Waals surface area contributed by atoms with Crippen LogP contribution in [0.4, 0.5) is 0 Å². The summed E-state index contributed by atoms with van der Waals surface area (Å²) in [6.45, 7) is 17.8. The summed E-state index contributed by atoms with van der Waals surface area (Å²) in [6.07, 6.45) is -0.661. The third kappa shape index (κ3) is 5.08. The van der Waals surface area contributed by atoms with Gasteiger partial charge in [0.1, 0.15) is 6.10 Å². The van der Waals surface area contributed by atoms with Gasteiger partial charge in [0.25, 0.3) is 0 Å². The van der Waals surface area contributed by atoms with Crippen LogP contribution in [0.2, 0.25) is 0 Å². The molecule has 2 N–H and O–H groups in total. The van der Waals surface area contributed by atoms with Gasteiger partial charge >= 0.3 is 17.9 Å². The number of carbonyl (C=O) groups excluding carboxylic acids is 3. The zero-order valence-electron chi connectivity index (χ0n) is 23.3. The number of esters is 3. The first-order chi connectivity index (χ1) is 17.7. The monoisotopic (exact) mass is 534 g/mol. The van der Waals surface area contributed by atoms with E-state index in [9.17, 15) is 24.6 Å². The fourth-order valence-electron chi connectivity index (χ4n) is 6.48. The van der Waals surface area contributed by atoms with Gasteiger partial charge in [-0.2, -0.15) is 0 Å². The molecule has 3 rings (SSSR count). The van der Waals surface area contributed by atoms with Crippen molar-refractivity contribution in [2.45, 2.75) is 98.1 Å². The number of aliphatic hydroxyl groups is 2. The third-order valence-electron chi connectivity index (χ3n) is 9.06. The molecule has 3 aliphatic rings. The lowest BCUT2D eigenvalue weighted by atomic mass is 9.44. The first-order valence-corrected chi connectivity index (χ1v) is 13.3. The largest absolute Gasteiger partial charge is 0.458 e. The molecule has 1 aliphatic heterocycles. The SMILES string of the molecule is C=CC(=C)CC[C@@]1(C)[C@H](C)[C@H](O)[C@H](O)[C@]23C(=C[C@@H](OC(=O)[C@@H](C)CC)C[C@H]12)[C@@H](OC(C)=O)O[C@H]3OC(C)=O. The lowest BCUT2D eigenvalue weighted by Gasteiger charge is -2.62. The molecule has 0 radical (unpaired) electrons. The van der Waals surface area contributed by atoms with E-state index in [-0.39, 0.29) is 18.3 Å². The minimum Gasteiger partial charge on any atom is -0.458 e. The Balaban J connectivity index is 2.24. The Hall–Kier alpha value is -2.49. The van der Waals surface area contributed by atoms with E-state index in [1.807, 2.05) is 20.8 Å². The average Bonchev–Trinajstić information content (AvgIpc) is 3.15. The molecule has 0 aromatic heterocycles. The van der Waals surface area contributed by atoms with Crippen molar-refractivity contribution in [2.75, 3.05) is 0 Å². The van der Waals surface area contributed by atoms with Crippen LogP contribution in [-0.4, -0.2) is 59.0 Å². The first kappa shape index (κ1) is 30.1. The topological polar surface area (TPSA) is 129 Å². The summed E-state index contributed by atoms with van der Waals surface area (Å²) >= 11 is 0. The van der Waals surface area contributed by atoms with Crippen LogP contribution in [0, 0.1) is 28.6 Å². The van der Waals surface area contributed by atoms with Crippen molar-refractivity contribution >= 4 is 17.9 Å². The second kappa shape index (κ2) is 11.3. The Morgan fingerprint density at radius 3 is 2.39 bits per heavy atom. The number of carbonyl (C=O) groups is 3. The van der Waals surface area contributed by atoms with Gasteiger partial charge in [-0.3, -0.25) is 19.1 Å². The predicted molar refractivity (Wildman–Crippen MR) is 138 cm³/mol. The molecule has 0 amide bonds. The lowest BCUT2D eigenvalue weighted by Crippen LogP contribution is -2.68. The molecular weight excluding hydrogens is 492 g/mol. The van der Waals surface area contributed by atoms with Gasteiger partial charge in [0.2, 0.25) is 12.6 Å². The van der Waals surface area contributed by atoms with E-state index in [4.69, 9.17) is 18.9 Å². The van der Waals surface area contributed by atoms with E-state index in [0.717, 1.165) is 5.57 Å². The summed E-state index contributed by atoms with van der Waals surface area (Å²) in [5, 5.41) is 23.2. The molecule has 0 aromatic carbocycles. The molecule has 212 valence electrons. The van der Waals surface area contributed by atoms with Gasteiger partial charge in [-0.1, -0.05) is 52.5 Å². The fraction of sp³-hybridized carbons (Fsp3) is 0.690. The second-order valence-corrected chi connectivity index (χ2v) is 11.2. The van der Waals surface area contributed by atoms with Gasteiger partial charge in [0, 0.05) is 19.4 Å². The number of rotatable bonds is 9. The highest BCUT2D eigenvalue weighted by atomic mass is 16.8. The Bertz CT molecular complexity index is 1000. The van der Waals surface area contributed by atoms with Crippen molar-refractivity contribution in [3.63, 3.8) is 0 Å². The molecule has 1 spiro atoms. The summed E-state index contributed by atoms with van der Waals surface area (Å²) in [4.78, 5) is 37.0. The number of hydrogen-bond acceptors (Lipinski definition) is 9. The van der Waals surface area contributed by atoms with Crippen LogP contribution in [0.25, 0.3) is 0 Å². The molecule has 38 heavy (non-hydrogen) atoms. The van der Waals surface area contributed by atoms with E-state index in [1.165, 1.54) is 13.8 Å². The molecule has 10 atom stereocenters. The smallest absolute Gasteiger partial charge is 0.309 e. The maximum atomic E-state index is 12.8. The maximum Gasteiger partial charge on any atom is 0.309 e. The summed E-state index contributed by atoms with van der Waals surface area (Å²) in [5.41, 5.74) is -0.972. The molecule has 0 bridgehead atoms. The number of ether oxygens (including phenoxy) is 4. The summed E-state index contributed by atoms with van der Waals surface area (Å²) in [6, 6.07) is 0. The Kier molecular flexibility index (Phi) is 8.95. The summed E-state index contributed by atoms with van der Waals surface area (Å²) in [5.74, 6) is -2.89. The fourth-order valence-corrected chi connectivity index (χ4v) is 6.48. The number of hydrogen-bond donors (Lipinski definition) is 2. The standard InChI is InChI=1S/C29H42O9/c1-9-15(3)11-12-28(8)17(5)23(32)24(33)29-21(26(35-18(6)30)38-27(29)36-19(7)31)13-20(14-22(28)29)37-25(34)16(4)10-2/h9,13,16-17,20,22-24,26-27,32-33H,1,3,10-12,14H2,2,4-8H3/t16-,17+,20+,22+,23-,24-,26-,27+,28-,29-/m0/s1. The predicted octanol–water partition coefficient (Wildman–Crippen LogP) is 3.59. The van der Waals surface area contributed by atoms with E-state index in [0.29, 0.717) is 24.8 Å². The molecule has 1 heterocycles. The van der Waals surface area contributed by atoms with Crippen LogP contribution in [0.5, 0.6) is 0 Å². The Morgan fingerprint density at radius 2 is 1.84 bits per heavy atom. The van der Waals surface area contributed by atoms with Gasteiger partial charge in [-0.25, -0.2) is 0 Å². The van der Waals surface area contributed by atoms with E-state index in [1.54, 1.807) is 19.1 Å². The van der Waals surface area contributed by atoms with Crippen molar-refractivity contribution in [3.05, 3.63) is 36.5 Å². The normalized spacial score (nSPS) is 38.6. The van der Waals surface area contributed by atoms with Gasteiger partial charge in [0.15, 0.2) is 0 Å². The maximum absolute atomic E-state index is 12.8. The van der Waals surface area contributed by atoms with Crippen molar-refractivity contribution in [2.24, 2.45) is 28.6 Å². The molecular formula is C29H42O9. The van der Waals surface area contributed by atoms with Crippen LogP contribution >= 0.6 is 0 Å². The zero-order chi connectivity index (χ0) is 28.6. The Labute approximate surface area is 224 Å².